The van der Waals surface area contributed by atoms with Crippen molar-refractivity contribution in [1.29, 1.82) is 0 Å². The number of anilines is 1. The molecule has 4 rings (SSSR count). The van der Waals surface area contributed by atoms with E-state index in [0.29, 0.717) is 5.11 Å². The lowest BCUT2D eigenvalue weighted by Gasteiger charge is -2.11. The van der Waals surface area contributed by atoms with Crippen LogP contribution in [0.15, 0.2) is 54.6 Å². The molecule has 2 N–H and O–H groups in total. The second-order valence-corrected chi connectivity index (χ2v) is 7.50. The summed E-state index contributed by atoms with van der Waals surface area (Å²) in [5.41, 5.74) is 3.36. The molecule has 0 spiro atoms. The first-order valence-corrected chi connectivity index (χ1v) is 10.3. The van der Waals surface area contributed by atoms with Crippen molar-refractivity contribution in [3.8, 4) is 11.4 Å². The van der Waals surface area contributed by atoms with Crippen LogP contribution in [0, 0.1) is 0 Å². The van der Waals surface area contributed by atoms with Crippen LogP contribution >= 0.6 is 12.2 Å². The Morgan fingerprint density at radius 2 is 1.79 bits per heavy atom. The first kappa shape index (κ1) is 18.6. The summed E-state index contributed by atoms with van der Waals surface area (Å²) >= 11 is 5.41. The zero-order valence-electron chi connectivity index (χ0n) is 15.9. The van der Waals surface area contributed by atoms with Crippen molar-refractivity contribution in [3.05, 3.63) is 66.0 Å². The third-order valence-corrected chi connectivity index (χ3v) is 5.30. The molecule has 0 atom stereocenters. The van der Waals surface area contributed by atoms with Crippen LogP contribution in [0.5, 0.6) is 0 Å². The molecule has 0 radical (unpaired) electrons. The first-order chi connectivity index (χ1) is 13.8. The molecule has 0 amide bonds. The normalized spacial score (nSPS) is 13.4. The van der Waals surface area contributed by atoms with E-state index >= 15 is 0 Å². The van der Waals surface area contributed by atoms with Gasteiger partial charge in [-0.25, -0.2) is 0 Å². The maximum absolute atomic E-state index is 5.41. The number of hydrogen-bond donors (Lipinski definition) is 2. The van der Waals surface area contributed by atoms with Crippen molar-refractivity contribution >= 4 is 23.0 Å². The molecule has 144 valence electrons. The van der Waals surface area contributed by atoms with Crippen molar-refractivity contribution in [2.75, 3.05) is 11.9 Å². The van der Waals surface area contributed by atoms with Gasteiger partial charge in [0.15, 0.2) is 10.9 Å². The van der Waals surface area contributed by atoms with Crippen molar-refractivity contribution in [1.82, 2.24) is 20.1 Å². The predicted octanol–water partition coefficient (Wildman–Crippen LogP) is 4.20. The highest BCUT2D eigenvalue weighted by Crippen LogP contribution is 2.23. The minimum absolute atomic E-state index is 0.639. The summed E-state index contributed by atoms with van der Waals surface area (Å²) in [6, 6.07) is 18.6. The van der Waals surface area contributed by atoms with Crippen LogP contribution < -0.4 is 10.6 Å². The number of aryl methyl sites for hydroxylation is 1. The molecule has 2 heterocycles. The van der Waals surface area contributed by atoms with Gasteiger partial charge in [0.25, 0.3) is 0 Å². The van der Waals surface area contributed by atoms with Crippen LogP contribution in [-0.2, 0) is 19.4 Å². The molecule has 0 bridgehead atoms. The predicted molar refractivity (Wildman–Crippen MR) is 117 cm³/mol. The minimum atomic E-state index is 0.639. The molecule has 5 nitrogen and oxygen atoms in total. The van der Waals surface area contributed by atoms with Gasteiger partial charge in [-0.15, -0.1) is 10.2 Å². The second-order valence-electron chi connectivity index (χ2n) is 7.10. The van der Waals surface area contributed by atoms with E-state index in [9.17, 15) is 0 Å². The molecule has 1 aliphatic heterocycles. The number of benzene rings is 2. The molecule has 1 aliphatic rings. The molecule has 0 fully saturated rings. The summed E-state index contributed by atoms with van der Waals surface area (Å²) in [5.74, 6) is 2.07. The molecule has 28 heavy (non-hydrogen) atoms. The SMILES string of the molecule is S=C(NCCc1ccccc1)Nc1ccc(-c2nnc3n2CCCCC3)cc1. The van der Waals surface area contributed by atoms with E-state index < -0.39 is 0 Å². The van der Waals surface area contributed by atoms with Crippen molar-refractivity contribution in [3.63, 3.8) is 0 Å². The standard InChI is InChI=1S/C22H25N5S/c28-22(23-15-14-17-7-3-1-4-8-17)24-19-12-10-18(11-13-19)21-26-25-20-9-5-2-6-16-27(20)21/h1,3-4,7-8,10-13H,2,5-6,9,14-16H2,(H2,23,24,28). The number of fused-ring (bicyclic) bond motifs is 1. The molecule has 0 saturated heterocycles. The fraction of sp³-hybridized carbons (Fsp3) is 0.318. The number of nitrogens with zero attached hydrogens (tertiary/aromatic N) is 3. The number of aromatic nitrogens is 3. The summed E-state index contributed by atoms with van der Waals surface area (Å²) in [4.78, 5) is 0. The Hall–Kier alpha value is -2.73. The molecule has 0 aliphatic carbocycles. The fourth-order valence-electron chi connectivity index (χ4n) is 3.54. The summed E-state index contributed by atoms with van der Waals surface area (Å²) in [6.45, 7) is 1.81. The zero-order chi connectivity index (χ0) is 19.2. The Morgan fingerprint density at radius 3 is 2.61 bits per heavy atom. The van der Waals surface area contributed by atoms with Gasteiger partial charge in [-0.1, -0.05) is 36.8 Å². The van der Waals surface area contributed by atoms with Gasteiger partial charge in [0, 0.05) is 30.8 Å². The van der Waals surface area contributed by atoms with Crippen molar-refractivity contribution < 1.29 is 0 Å². The smallest absolute Gasteiger partial charge is 0.170 e. The molecule has 2 aromatic carbocycles. The Labute approximate surface area is 171 Å². The van der Waals surface area contributed by atoms with Crippen LogP contribution in [0.3, 0.4) is 0 Å². The summed E-state index contributed by atoms with van der Waals surface area (Å²) in [7, 11) is 0. The van der Waals surface area contributed by atoms with E-state index in [1.807, 2.05) is 18.2 Å². The average molecular weight is 392 g/mol. The van der Waals surface area contributed by atoms with Crippen LogP contribution in [0.1, 0.15) is 30.7 Å². The minimum Gasteiger partial charge on any atom is -0.362 e. The lowest BCUT2D eigenvalue weighted by atomic mass is 10.1. The quantitative estimate of drug-likeness (QED) is 0.639. The van der Waals surface area contributed by atoms with Crippen LogP contribution in [0.25, 0.3) is 11.4 Å². The summed E-state index contributed by atoms with van der Waals surface area (Å²) < 4.78 is 2.27. The molecule has 0 saturated carbocycles. The maximum Gasteiger partial charge on any atom is 0.170 e. The number of nitrogens with one attached hydrogen (secondary N) is 2. The van der Waals surface area contributed by atoms with Crippen molar-refractivity contribution in [2.45, 2.75) is 38.6 Å². The van der Waals surface area contributed by atoms with Crippen LogP contribution in [-0.4, -0.2) is 26.4 Å². The third kappa shape index (κ3) is 4.57. The molecule has 0 unspecified atom stereocenters. The van der Waals surface area contributed by atoms with Crippen molar-refractivity contribution in [2.24, 2.45) is 0 Å². The highest BCUT2D eigenvalue weighted by molar-refractivity contribution is 7.80. The number of hydrogen-bond acceptors (Lipinski definition) is 3. The number of rotatable bonds is 5. The van der Waals surface area contributed by atoms with Crippen LogP contribution in [0.4, 0.5) is 5.69 Å². The van der Waals surface area contributed by atoms with E-state index in [-0.39, 0.29) is 0 Å². The van der Waals surface area contributed by atoms with Crippen LogP contribution in [0.2, 0.25) is 0 Å². The Kier molecular flexibility index (Phi) is 5.97. The number of thiocarbonyl (C=S) groups is 1. The van der Waals surface area contributed by atoms with E-state index in [4.69, 9.17) is 12.2 Å². The Morgan fingerprint density at radius 1 is 0.964 bits per heavy atom. The Balaban J connectivity index is 1.33. The monoisotopic (exact) mass is 391 g/mol. The van der Waals surface area contributed by atoms with E-state index in [1.54, 1.807) is 0 Å². The first-order valence-electron chi connectivity index (χ1n) is 9.91. The van der Waals surface area contributed by atoms with Gasteiger partial charge < -0.3 is 15.2 Å². The zero-order valence-corrected chi connectivity index (χ0v) is 16.7. The highest BCUT2D eigenvalue weighted by atomic mass is 32.1. The Bertz CT molecular complexity index is 918. The van der Waals surface area contributed by atoms with Gasteiger partial charge in [0.05, 0.1) is 0 Å². The van der Waals surface area contributed by atoms with Gasteiger partial charge >= 0.3 is 0 Å². The third-order valence-electron chi connectivity index (χ3n) is 5.05. The summed E-state index contributed by atoms with van der Waals surface area (Å²) in [6.07, 6.45) is 5.63. The maximum atomic E-state index is 5.41. The highest BCUT2D eigenvalue weighted by Gasteiger charge is 2.15. The van der Waals surface area contributed by atoms with E-state index in [2.05, 4.69) is 61.8 Å². The van der Waals surface area contributed by atoms with Gasteiger partial charge in [0.1, 0.15) is 5.82 Å². The lowest BCUT2D eigenvalue weighted by Crippen LogP contribution is -2.30. The lowest BCUT2D eigenvalue weighted by molar-refractivity contribution is 0.636. The molecular weight excluding hydrogens is 366 g/mol. The average Bonchev–Trinajstić information content (AvgIpc) is 2.97. The molecule has 1 aromatic heterocycles. The molecule has 3 aromatic rings. The largest absolute Gasteiger partial charge is 0.362 e. The van der Waals surface area contributed by atoms with Gasteiger partial charge in [-0.3, -0.25) is 0 Å². The van der Waals surface area contributed by atoms with E-state index in [1.165, 1.54) is 24.8 Å². The topological polar surface area (TPSA) is 54.8 Å². The van der Waals surface area contributed by atoms with E-state index in [0.717, 1.165) is 48.8 Å². The second kappa shape index (κ2) is 8.97. The summed E-state index contributed by atoms with van der Waals surface area (Å²) in [5, 5.41) is 16.0. The fourth-order valence-corrected chi connectivity index (χ4v) is 3.76. The molecular formula is C22H25N5S. The van der Waals surface area contributed by atoms with Gasteiger partial charge in [0.2, 0.25) is 0 Å². The van der Waals surface area contributed by atoms with Gasteiger partial charge in [-0.2, -0.15) is 0 Å². The molecule has 6 heteroatoms. The van der Waals surface area contributed by atoms with Gasteiger partial charge in [-0.05, 0) is 61.3 Å².